The van der Waals surface area contributed by atoms with Crippen LogP contribution in [0.15, 0.2) is 47.6 Å². The molecule has 0 aliphatic carbocycles. The minimum Gasteiger partial charge on any atom is -0.493 e. The highest BCUT2D eigenvalue weighted by Gasteiger charge is 2.18. The van der Waals surface area contributed by atoms with Gasteiger partial charge in [-0.3, -0.25) is 4.79 Å². The number of carbonyl (C=O) groups is 2. The lowest BCUT2D eigenvalue weighted by Crippen LogP contribution is -2.24. The smallest absolute Gasteiger partial charge is 0.344 e. The van der Waals surface area contributed by atoms with E-state index in [1.54, 1.807) is 36.4 Å². The second-order valence-electron chi connectivity index (χ2n) is 5.19. The van der Waals surface area contributed by atoms with Crippen LogP contribution < -0.4 is 14.9 Å². The van der Waals surface area contributed by atoms with Gasteiger partial charge in [0.25, 0.3) is 5.91 Å². The zero-order chi connectivity index (χ0) is 19.1. The Morgan fingerprint density at radius 2 is 2.00 bits per heavy atom. The van der Waals surface area contributed by atoms with E-state index in [4.69, 9.17) is 14.6 Å². The fraction of sp³-hybridized carbons (Fsp3) is 0.167. The van der Waals surface area contributed by atoms with Crippen molar-refractivity contribution >= 4 is 40.7 Å². The largest absolute Gasteiger partial charge is 0.493 e. The first-order valence-corrected chi connectivity index (χ1v) is 8.65. The van der Waals surface area contributed by atoms with Gasteiger partial charge in [-0.15, -0.1) is 0 Å². The molecule has 0 saturated carbocycles. The fourth-order valence-electron chi connectivity index (χ4n) is 2.00. The molecule has 26 heavy (non-hydrogen) atoms. The van der Waals surface area contributed by atoms with E-state index in [1.165, 1.54) is 20.2 Å². The Morgan fingerprint density at radius 1 is 1.27 bits per heavy atom. The van der Waals surface area contributed by atoms with Crippen LogP contribution in [0.25, 0.3) is 0 Å². The van der Waals surface area contributed by atoms with Crippen molar-refractivity contribution in [2.24, 2.45) is 5.10 Å². The van der Waals surface area contributed by atoms with Gasteiger partial charge < -0.3 is 14.6 Å². The van der Waals surface area contributed by atoms with Gasteiger partial charge in [-0.1, -0.05) is 12.1 Å². The van der Waals surface area contributed by atoms with Crippen molar-refractivity contribution in [2.75, 3.05) is 7.11 Å². The fourth-order valence-corrected chi connectivity index (χ4v) is 2.55. The summed E-state index contributed by atoms with van der Waals surface area (Å²) in [6, 6.07) is 12.1. The highest BCUT2D eigenvalue weighted by molar-refractivity contribution is 14.1. The van der Waals surface area contributed by atoms with Crippen LogP contribution in [0.2, 0.25) is 0 Å². The lowest BCUT2D eigenvalue weighted by atomic mass is 10.2. The molecular formula is C18H17IN2O5. The summed E-state index contributed by atoms with van der Waals surface area (Å²) >= 11 is 2.12. The molecule has 0 spiro atoms. The summed E-state index contributed by atoms with van der Waals surface area (Å²) in [6.45, 7) is 1.41. The van der Waals surface area contributed by atoms with Crippen LogP contribution in [0.3, 0.4) is 0 Å². The van der Waals surface area contributed by atoms with Crippen LogP contribution in [-0.4, -0.2) is 36.4 Å². The molecule has 0 aliphatic heterocycles. The maximum Gasteiger partial charge on any atom is 0.344 e. The van der Waals surface area contributed by atoms with Gasteiger partial charge in [-0.2, -0.15) is 5.10 Å². The molecule has 1 amide bonds. The van der Waals surface area contributed by atoms with Crippen molar-refractivity contribution in [3.63, 3.8) is 0 Å². The van der Waals surface area contributed by atoms with E-state index < -0.39 is 12.1 Å². The SMILES string of the molecule is COc1cccc(/C=N\NC(=O)c2cccc(I)c2)c1O[C@H](C)C(=O)O. The van der Waals surface area contributed by atoms with Crippen LogP contribution in [0.5, 0.6) is 11.5 Å². The van der Waals surface area contributed by atoms with Crippen molar-refractivity contribution in [2.45, 2.75) is 13.0 Å². The summed E-state index contributed by atoms with van der Waals surface area (Å²) in [5, 5.41) is 13.0. The molecule has 8 heteroatoms. The van der Waals surface area contributed by atoms with Gasteiger partial charge in [-0.25, -0.2) is 10.2 Å². The summed E-state index contributed by atoms with van der Waals surface area (Å²) in [5.74, 6) is -0.863. The minimum absolute atomic E-state index is 0.233. The molecule has 0 aliphatic rings. The van der Waals surface area contributed by atoms with Gasteiger partial charge in [0, 0.05) is 14.7 Å². The Kier molecular flexibility index (Phi) is 6.96. The Bertz CT molecular complexity index is 838. The second kappa shape index (κ2) is 9.18. The number of amides is 1. The molecule has 0 unspecified atom stereocenters. The predicted molar refractivity (Wildman–Crippen MR) is 105 cm³/mol. The maximum atomic E-state index is 12.1. The van der Waals surface area contributed by atoms with Gasteiger partial charge in [-0.05, 0) is 59.8 Å². The summed E-state index contributed by atoms with van der Waals surface area (Å²) < 4.78 is 11.6. The Labute approximate surface area is 164 Å². The number of nitrogens with zero attached hydrogens (tertiary/aromatic N) is 1. The van der Waals surface area contributed by atoms with Gasteiger partial charge in [0.1, 0.15) is 0 Å². The molecule has 0 heterocycles. The van der Waals surface area contributed by atoms with E-state index in [2.05, 4.69) is 33.1 Å². The third kappa shape index (κ3) is 5.19. The number of rotatable bonds is 7. The number of para-hydroxylation sites is 1. The molecule has 2 N–H and O–H groups in total. The van der Waals surface area contributed by atoms with Gasteiger partial charge in [0.2, 0.25) is 0 Å². The quantitative estimate of drug-likeness (QED) is 0.370. The first-order chi connectivity index (χ1) is 12.4. The average molecular weight is 468 g/mol. The van der Waals surface area contributed by atoms with Crippen molar-refractivity contribution < 1.29 is 24.2 Å². The number of hydrogen-bond donors (Lipinski definition) is 2. The first-order valence-electron chi connectivity index (χ1n) is 7.57. The lowest BCUT2D eigenvalue weighted by molar-refractivity contribution is -0.144. The van der Waals surface area contributed by atoms with Crippen LogP contribution in [-0.2, 0) is 4.79 Å². The van der Waals surface area contributed by atoms with E-state index in [-0.39, 0.29) is 11.7 Å². The van der Waals surface area contributed by atoms with Gasteiger partial charge >= 0.3 is 5.97 Å². The third-order valence-corrected chi connectivity index (χ3v) is 4.00. The number of nitrogens with one attached hydrogen (secondary N) is 1. The van der Waals surface area contributed by atoms with Crippen LogP contribution >= 0.6 is 22.6 Å². The third-order valence-electron chi connectivity index (χ3n) is 3.33. The Morgan fingerprint density at radius 3 is 2.65 bits per heavy atom. The predicted octanol–water partition coefficient (Wildman–Crippen LogP) is 2.92. The summed E-state index contributed by atoms with van der Waals surface area (Å²) in [7, 11) is 1.45. The van der Waals surface area contributed by atoms with Crippen LogP contribution in [0.4, 0.5) is 0 Å². The topological polar surface area (TPSA) is 97.2 Å². The Hall–Kier alpha value is -2.62. The normalized spacial score (nSPS) is 11.8. The minimum atomic E-state index is -1.11. The number of methoxy groups -OCH3 is 1. The van der Waals surface area contributed by atoms with Crippen LogP contribution in [0.1, 0.15) is 22.8 Å². The highest BCUT2D eigenvalue weighted by atomic mass is 127. The van der Waals surface area contributed by atoms with Crippen molar-refractivity contribution in [1.29, 1.82) is 0 Å². The van der Waals surface area contributed by atoms with E-state index >= 15 is 0 Å². The van der Waals surface area contributed by atoms with Crippen molar-refractivity contribution in [3.05, 3.63) is 57.2 Å². The molecule has 1 atom stereocenters. The molecule has 2 aromatic carbocycles. The number of benzene rings is 2. The lowest BCUT2D eigenvalue weighted by Gasteiger charge is -2.15. The molecular weight excluding hydrogens is 451 g/mol. The van der Waals surface area contributed by atoms with Gasteiger partial charge in [0.05, 0.1) is 13.3 Å². The average Bonchev–Trinajstić information content (AvgIpc) is 2.62. The van der Waals surface area contributed by atoms with E-state index in [0.717, 1.165) is 3.57 Å². The van der Waals surface area contributed by atoms with E-state index in [1.807, 2.05) is 6.07 Å². The molecule has 0 saturated heterocycles. The molecule has 0 bridgehead atoms. The maximum absolute atomic E-state index is 12.1. The zero-order valence-corrected chi connectivity index (χ0v) is 16.3. The molecule has 0 aromatic heterocycles. The molecule has 7 nitrogen and oxygen atoms in total. The number of carbonyl (C=O) groups excluding carboxylic acids is 1. The molecule has 2 rings (SSSR count). The molecule has 0 fully saturated rings. The van der Waals surface area contributed by atoms with Gasteiger partial charge in [0.15, 0.2) is 17.6 Å². The number of carboxylic acids is 1. The molecule has 0 radical (unpaired) electrons. The number of aliphatic carboxylic acids is 1. The Balaban J connectivity index is 2.18. The molecule has 136 valence electrons. The number of hydrazone groups is 1. The standard InChI is InChI=1S/C18H17IN2O5/c1-11(18(23)24)26-16-13(6-4-8-15(16)25-2)10-20-21-17(22)12-5-3-7-14(19)9-12/h3-11H,1-2H3,(H,21,22)(H,23,24)/b20-10-/t11-/m1/s1. The highest BCUT2D eigenvalue weighted by Crippen LogP contribution is 2.31. The number of halogens is 1. The van der Waals surface area contributed by atoms with E-state index in [9.17, 15) is 9.59 Å². The number of ether oxygens (including phenoxy) is 2. The summed E-state index contributed by atoms with van der Waals surface area (Å²) in [6.07, 6.45) is 0.303. The van der Waals surface area contributed by atoms with Crippen molar-refractivity contribution in [1.82, 2.24) is 5.43 Å². The number of carboxylic acid groups (broad SMARTS) is 1. The second-order valence-corrected chi connectivity index (χ2v) is 6.43. The summed E-state index contributed by atoms with van der Waals surface area (Å²) in [4.78, 5) is 23.1. The van der Waals surface area contributed by atoms with E-state index in [0.29, 0.717) is 16.9 Å². The monoisotopic (exact) mass is 468 g/mol. The zero-order valence-electron chi connectivity index (χ0n) is 14.1. The first kappa shape index (κ1) is 19.7. The summed E-state index contributed by atoms with van der Waals surface area (Å²) in [5.41, 5.74) is 3.38. The number of hydrogen-bond acceptors (Lipinski definition) is 5. The van der Waals surface area contributed by atoms with Crippen LogP contribution in [0, 0.1) is 3.57 Å². The van der Waals surface area contributed by atoms with Crippen molar-refractivity contribution in [3.8, 4) is 11.5 Å². The molecule has 2 aromatic rings.